The van der Waals surface area contributed by atoms with E-state index < -0.39 is 6.10 Å². The Morgan fingerprint density at radius 2 is 1.58 bits per heavy atom. The van der Waals surface area contributed by atoms with E-state index in [0.717, 1.165) is 10.5 Å². The summed E-state index contributed by atoms with van der Waals surface area (Å²) in [4.78, 5) is 25.5. The quantitative estimate of drug-likeness (QED) is 0.790. The van der Waals surface area contributed by atoms with Gasteiger partial charge in [-0.1, -0.05) is 24.3 Å². The van der Waals surface area contributed by atoms with Crippen molar-refractivity contribution in [2.45, 2.75) is 12.6 Å². The van der Waals surface area contributed by atoms with Crippen LogP contribution in [0.25, 0.3) is 0 Å². The average Bonchev–Trinajstić information content (AvgIpc) is 2.82. The van der Waals surface area contributed by atoms with Crippen molar-refractivity contribution in [1.29, 1.82) is 0 Å². The van der Waals surface area contributed by atoms with Crippen LogP contribution in [-0.2, 0) is 6.54 Å². The molecule has 2 amide bonds. The Hall–Kier alpha value is -2.57. The zero-order valence-corrected chi connectivity index (χ0v) is 12.9. The van der Waals surface area contributed by atoms with Crippen molar-refractivity contribution >= 4 is 11.8 Å². The zero-order valence-electron chi connectivity index (χ0n) is 12.9. The minimum absolute atomic E-state index is 0.0667. The van der Waals surface area contributed by atoms with Crippen molar-refractivity contribution in [2.75, 3.05) is 13.1 Å². The molecule has 2 aromatic rings. The van der Waals surface area contributed by atoms with Crippen LogP contribution < -0.4 is 5.32 Å². The number of hydrogen-bond donors (Lipinski definition) is 2. The number of halogens is 1. The van der Waals surface area contributed by atoms with Gasteiger partial charge in [-0.15, -0.1) is 0 Å². The van der Waals surface area contributed by atoms with Crippen LogP contribution in [0.5, 0.6) is 0 Å². The molecule has 1 aliphatic heterocycles. The standard InChI is InChI=1S/C18H17FN2O3/c19-13-7-5-12(6-8-13)9-20-10-14(22)11-21-17(23)15-3-1-2-4-16(15)18(21)24/h1-8,14,20,22H,9-11H2. The second kappa shape index (κ2) is 6.90. The van der Waals surface area contributed by atoms with E-state index in [4.69, 9.17) is 0 Å². The third kappa shape index (κ3) is 3.34. The Labute approximate surface area is 138 Å². The lowest BCUT2D eigenvalue weighted by Crippen LogP contribution is -2.41. The van der Waals surface area contributed by atoms with Gasteiger partial charge in [0.05, 0.1) is 23.8 Å². The maximum absolute atomic E-state index is 12.8. The number of aliphatic hydroxyl groups excluding tert-OH is 1. The van der Waals surface area contributed by atoms with Gasteiger partial charge in [-0.2, -0.15) is 0 Å². The molecule has 3 rings (SSSR count). The topological polar surface area (TPSA) is 69.6 Å². The molecule has 0 saturated heterocycles. The first-order valence-electron chi connectivity index (χ1n) is 7.64. The van der Waals surface area contributed by atoms with Crippen molar-refractivity contribution in [3.63, 3.8) is 0 Å². The fraction of sp³-hybridized carbons (Fsp3) is 0.222. The fourth-order valence-corrected chi connectivity index (χ4v) is 2.67. The van der Waals surface area contributed by atoms with E-state index in [9.17, 15) is 19.1 Å². The summed E-state index contributed by atoms with van der Waals surface area (Å²) in [6.45, 7) is 0.604. The Kier molecular flexibility index (Phi) is 4.69. The number of rotatable bonds is 6. The number of β-amino-alcohol motifs (C(OH)–C–C–N with tert-alkyl or cyclic N) is 1. The molecule has 0 bridgehead atoms. The van der Waals surface area contributed by atoms with Crippen LogP contribution in [0.3, 0.4) is 0 Å². The van der Waals surface area contributed by atoms with Gasteiger partial charge in [0, 0.05) is 13.1 Å². The summed E-state index contributed by atoms with van der Waals surface area (Å²) >= 11 is 0. The van der Waals surface area contributed by atoms with E-state index in [1.165, 1.54) is 12.1 Å². The van der Waals surface area contributed by atoms with Gasteiger partial charge < -0.3 is 10.4 Å². The van der Waals surface area contributed by atoms with Crippen molar-refractivity contribution < 1.29 is 19.1 Å². The molecule has 6 heteroatoms. The van der Waals surface area contributed by atoms with Gasteiger partial charge in [-0.3, -0.25) is 14.5 Å². The second-order valence-electron chi connectivity index (χ2n) is 5.68. The van der Waals surface area contributed by atoms with Gasteiger partial charge in [0.25, 0.3) is 11.8 Å². The molecule has 0 spiro atoms. The van der Waals surface area contributed by atoms with E-state index in [-0.39, 0.29) is 30.7 Å². The SMILES string of the molecule is O=C1c2ccccc2C(=O)N1CC(O)CNCc1ccc(F)cc1. The number of aliphatic hydroxyl groups is 1. The first kappa shape index (κ1) is 16.3. The third-order valence-electron chi connectivity index (χ3n) is 3.89. The molecule has 0 saturated carbocycles. The first-order valence-corrected chi connectivity index (χ1v) is 7.64. The zero-order chi connectivity index (χ0) is 17.1. The van der Waals surface area contributed by atoms with Crippen LogP contribution in [0, 0.1) is 5.82 Å². The average molecular weight is 328 g/mol. The highest BCUT2D eigenvalue weighted by Gasteiger charge is 2.35. The van der Waals surface area contributed by atoms with E-state index >= 15 is 0 Å². The highest BCUT2D eigenvalue weighted by Crippen LogP contribution is 2.22. The lowest BCUT2D eigenvalue weighted by molar-refractivity contribution is 0.0543. The normalized spacial score (nSPS) is 14.8. The molecule has 0 radical (unpaired) electrons. The molecule has 1 atom stereocenters. The van der Waals surface area contributed by atoms with Gasteiger partial charge in [0.2, 0.25) is 0 Å². The minimum Gasteiger partial charge on any atom is -0.390 e. The number of hydrogen-bond acceptors (Lipinski definition) is 4. The van der Waals surface area contributed by atoms with Crippen molar-refractivity contribution in [2.24, 2.45) is 0 Å². The summed E-state index contributed by atoms with van der Waals surface area (Å²) < 4.78 is 12.8. The van der Waals surface area contributed by atoms with E-state index in [0.29, 0.717) is 17.7 Å². The van der Waals surface area contributed by atoms with E-state index in [1.54, 1.807) is 36.4 Å². The highest BCUT2D eigenvalue weighted by atomic mass is 19.1. The summed E-state index contributed by atoms with van der Waals surface area (Å²) in [5, 5.41) is 13.1. The molecule has 0 aliphatic carbocycles. The maximum Gasteiger partial charge on any atom is 0.261 e. The Morgan fingerprint density at radius 1 is 1.00 bits per heavy atom. The van der Waals surface area contributed by atoms with Gasteiger partial charge in [-0.05, 0) is 29.8 Å². The number of nitrogens with zero attached hydrogens (tertiary/aromatic N) is 1. The number of amides is 2. The van der Waals surface area contributed by atoms with Crippen LogP contribution in [0.1, 0.15) is 26.3 Å². The number of benzene rings is 2. The van der Waals surface area contributed by atoms with E-state index in [1.807, 2.05) is 0 Å². The lowest BCUT2D eigenvalue weighted by Gasteiger charge is -2.19. The Balaban J connectivity index is 1.52. The molecule has 1 heterocycles. The number of fused-ring (bicyclic) bond motifs is 1. The van der Waals surface area contributed by atoms with Crippen molar-refractivity contribution in [3.05, 3.63) is 71.0 Å². The molecular formula is C18H17FN2O3. The largest absolute Gasteiger partial charge is 0.390 e. The van der Waals surface area contributed by atoms with Crippen LogP contribution >= 0.6 is 0 Å². The van der Waals surface area contributed by atoms with Gasteiger partial charge in [0.1, 0.15) is 5.82 Å². The number of nitrogens with one attached hydrogen (secondary N) is 1. The van der Waals surface area contributed by atoms with Crippen LogP contribution in [0.2, 0.25) is 0 Å². The monoisotopic (exact) mass is 328 g/mol. The molecule has 1 aliphatic rings. The molecule has 0 aromatic heterocycles. The predicted octanol–water partition coefficient (Wildman–Crippen LogP) is 1.57. The summed E-state index contributed by atoms with van der Waals surface area (Å²) in [7, 11) is 0. The molecule has 0 fully saturated rings. The molecule has 1 unspecified atom stereocenters. The number of imide groups is 1. The minimum atomic E-state index is -0.882. The molecule has 5 nitrogen and oxygen atoms in total. The van der Waals surface area contributed by atoms with Crippen molar-refractivity contribution in [1.82, 2.24) is 10.2 Å². The van der Waals surface area contributed by atoms with Gasteiger partial charge >= 0.3 is 0 Å². The fourth-order valence-electron chi connectivity index (χ4n) is 2.67. The lowest BCUT2D eigenvalue weighted by atomic mass is 10.1. The smallest absolute Gasteiger partial charge is 0.261 e. The number of carbonyl (C=O) groups excluding carboxylic acids is 2. The van der Waals surface area contributed by atoms with Crippen LogP contribution in [0.4, 0.5) is 4.39 Å². The summed E-state index contributed by atoms with van der Waals surface area (Å²) in [5.41, 5.74) is 1.62. The molecule has 124 valence electrons. The van der Waals surface area contributed by atoms with Gasteiger partial charge in [-0.25, -0.2) is 4.39 Å². The summed E-state index contributed by atoms with van der Waals surface area (Å²) in [6.07, 6.45) is -0.882. The Morgan fingerprint density at radius 3 is 2.17 bits per heavy atom. The maximum atomic E-state index is 12.8. The predicted molar refractivity (Wildman–Crippen MR) is 85.9 cm³/mol. The molecule has 2 N–H and O–H groups in total. The molecule has 2 aromatic carbocycles. The van der Waals surface area contributed by atoms with Crippen LogP contribution in [0.15, 0.2) is 48.5 Å². The highest BCUT2D eigenvalue weighted by molar-refractivity contribution is 6.21. The third-order valence-corrected chi connectivity index (χ3v) is 3.89. The van der Waals surface area contributed by atoms with E-state index in [2.05, 4.69) is 5.32 Å². The summed E-state index contributed by atoms with van der Waals surface area (Å²) in [5.74, 6) is -1.06. The number of carbonyl (C=O) groups is 2. The first-order chi connectivity index (χ1) is 11.6. The van der Waals surface area contributed by atoms with Crippen molar-refractivity contribution in [3.8, 4) is 0 Å². The Bertz CT molecular complexity index is 726. The van der Waals surface area contributed by atoms with Gasteiger partial charge in [0.15, 0.2) is 0 Å². The summed E-state index contributed by atoms with van der Waals surface area (Å²) in [6, 6.07) is 12.7. The second-order valence-corrected chi connectivity index (χ2v) is 5.68. The van der Waals surface area contributed by atoms with Crippen LogP contribution in [-0.4, -0.2) is 41.0 Å². The molecular weight excluding hydrogens is 311 g/mol. The molecule has 24 heavy (non-hydrogen) atoms.